The first kappa shape index (κ1) is 122. The molecule has 1 amide bonds. The number of amides is 1. The number of halogens is 3. The molecule has 10 rings (SSSR count). The number of carboxylic acid groups (broad SMARTS) is 1. The molecule has 0 saturated carbocycles. The van der Waals surface area contributed by atoms with Crippen molar-refractivity contribution in [1.29, 1.82) is 26.3 Å². The number of thiophene rings is 7. The van der Waals surface area contributed by atoms with Crippen molar-refractivity contribution >= 4 is 216 Å². The zero-order chi connectivity index (χ0) is 86.6. The number of aliphatic hydroxyl groups is 4. The summed E-state index contributed by atoms with van der Waals surface area (Å²) < 4.78 is 33.2. The van der Waals surface area contributed by atoms with Gasteiger partial charge in [0.15, 0.2) is 6.29 Å². The van der Waals surface area contributed by atoms with Gasteiger partial charge in [-0.25, -0.2) is 16.4 Å². The molecule has 2 saturated heterocycles. The minimum Gasteiger partial charge on any atom is -0.476 e. The van der Waals surface area contributed by atoms with Crippen molar-refractivity contribution in [2.75, 3.05) is 38.7 Å². The van der Waals surface area contributed by atoms with E-state index in [1.807, 2.05) is 106 Å². The Morgan fingerprint density at radius 1 is 0.636 bits per heavy atom. The summed E-state index contributed by atoms with van der Waals surface area (Å²) in [6, 6.07) is 24.5. The molecule has 0 atom stereocenters. The summed E-state index contributed by atoms with van der Waals surface area (Å²) in [6.45, 7) is 22.0. The molecule has 2 aliphatic heterocycles. The molecule has 2 fully saturated rings. The van der Waals surface area contributed by atoms with Gasteiger partial charge in [0.25, 0.3) is 5.91 Å². The second-order valence-electron chi connectivity index (χ2n) is 24.3. The van der Waals surface area contributed by atoms with Crippen LogP contribution in [-0.4, -0.2) is 133 Å². The van der Waals surface area contributed by atoms with Crippen LogP contribution in [0.1, 0.15) is 193 Å². The van der Waals surface area contributed by atoms with Crippen LogP contribution >= 0.6 is 153 Å². The summed E-state index contributed by atoms with van der Waals surface area (Å²) in [5, 5.41) is 97.7. The smallest absolute Gasteiger partial charge is 0.384 e. The van der Waals surface area contributed by atoms with E-state index in [2.05, 4.69) is 185 Å². The van der Waals surface area contributed by atoms with Gasteiger partial charge in [-0.15, -0.1) is 63.1 Å². The maximum absolute atomic E-state index is 11.1. The monoisotopic (exact) mass is 1970 g/mol. The largest absolute Gasteiger partial charge is 0.476 e. The molecular weight excluding hydrogens is 1870 g/mol. The van der Waals surface area contributed by atoms with Crippen LogP contribution in [0.5, 0.6) is 0 Å². The number of aromatic nitrogens is 1. The molecule has 2 aliphatic rings. The van der Waals surface area contributed by atoms with Gasteiger partial charge in [-0.3, -0.25) is 9.59 Å². The Morgan fingerprint density at radius 3 is 1.47 bits per heavy atom. The van der Waals surface area contributed by atoms with E-state index < -0.39 is 32.4 Å². The Labute approximate surface area is 766 Å². The third-order valence-electron chi connectivity index (χ3n) is 15.3. The van der Waals surface area contributed by atoms with Gasteiger partial charge < -0.3 is 60.5 Å². The Morgan fingerprint density at radius 2 is 1.07 bits per heavy atom. The zero-order valence-electron chi connectivity index (χ0n) is 64.2. The minimum absolute atomic E-state index is 0. The SMILES string of the molecule is C.C.C.C.C#CCO.CC1(C)OB(B2OC(C)(C)C(C)(C)O2)OC1(C)C.N#CCCc1cc(Br)sc1CCCO.N#CCCc1ccsc1.N#CCCc1ccsc1Br.N#CCCc1ccsc1C#CCO.N#CCCc1ccsc1CCCO.NC(=O)c1cnc(N)c2cc(Br)sc12.O=Cc1ccsc1.[B]=NS.[B]=NS.[C-]#[N+]CC(=O)O. The summed E-state index contributed by atoms with van der Waals surface area (Å²) in [7, 11) is 7.72. The van der Waals surface area contributed by atoms with E-state index in [0.717, 1.165) is 102 Å². The fraction of sp³-hybridized carbons (Fsp3) is 0.443. The minimum atomic E-state index is -1.06. The van der Waals surface area contributed by atoms with Crippen molar-refractivity contribution in [3.8, 4) is 54.5 Å². The molecule has 0 spiro atoms. The van der Waals surface area contributed by atoms with Gasteiger partial charge in [0, 0.05) is 77.6 Å². The van der Waals surface area contributed by atoms with Gasteiger partial charge in [0.2, 0.25) is 0 Å². The molecule has 0 aromatic carbocycles. The number of carbonyl (C=O) groups excluding carboxylic acids is 2. The van der Waals surface area contributed by atoms with Crippen molar-refractivity contribution in [3.05, 3.63) is 163 Å². The molecule has 0 bridgehead atoms. The van der Waals surface area contributed by atoms with Gasteiger partial charge >= 0.3 is 76.0 Å². The van der Waals surface area contributed by atoms with E-state index in [1.54, 1.807) is 62.8 Å². The average molecular weight is 1970 g/mol. The van der Waals surface area contributed by atoms with Crippen molar-refractivity contribution < 1.29 is 58.5 Å². The maximum atomic E-state index is 11.1. The first-order valence-corrected chi connectivity index (χ1v) is 43.4. The summed E-state index contributed by atoms with van der Waals surface area (Å²) in [6.07, 6.45) is 17.3. The van der Waals surface area contributed by atoms with Crippen LogP contribution in [0, 0.1) is 87.4 Å². The molecule has 636 valence electrons. The van der Waals surface area contributed by atoms with E-state index in [1.165, 1.54) is 60.9 Å². The van der Waals surface area contributed by atoms with E-state index in [9.17, 15) is 14.4 Å². The Bertz CT molecular complexity index is 4390. The molecule has 2 radical (unpaired) electrons. The number of rotatable bonds is 20. The zero-order valence-corrected chi connectivity index (χ0v) is 76.5. The number of nitrogens with two attached hydrogens (primary N) is 2. The Kier molecular flexibility index (Phi) is 74.7. The van der Waals surface area contributed by atoms with Gasteiger partial charge in [-0.2, -0.15) is 49.0 Å². The number of thiol groups is 2. The number of carboxylic acids is 1. The van der Waals surface area contributed by atoms with E-state index in [4.69, 9.17) is 88.5 Å². The van der Waals surface area contributed by atoms with Gasteiger partial charge in [-0.05, 0) is 264 Å². The van der Waals surface area contributed by atoms with Crippen LogP contribution in [0.3, 0.4) is 0 Å². The third-order valence-corrected chi connectivity index (χ3v) is 23.8. The second kappa shape index (κ2) is 72.1. The molecule has 9 N–H and O–H groups in total. The van der Waals surface area contributed by atoms with Crippen molar-refractivity contribution in [1.82, 2.24) is 4.98 Å². The number of aldehydes is 1. The van der Waals surface area contributed by atoms with Crippen molar-refractivity contribution in [3.63, 3.8) is 0 Å². The molecule has 0 aliphatic carbocycles. The van der Waals surface area contributed by atoms with E-state index >= 15 is 0 Å². The van der Waals surface area contributed by atoms with Gasteiger partial charge in [0.1, 0.15) is 19.0 Å². The maximum Gasteiger partial charge on any atom is 0.384 e. The number of hydrogen-bond acceptors (Lipinski definition) is 29. The number of carbonyl (C=O) groups is 3. The first-order chi connectivity index (χ1) is 54.2. The number of hydrogen-bond donors (Lipinski definition) is 9. The molecular formula is C79H106B4Br3N11O12S9. The number of fused-ring (bicyclic) bond motifs is 1. The normalized spacial score (nSPS) is 12.0. The number of nitriles is 5. The van der Waals surface area contributed by atoms with E-state index in [0.29, 0.717) is 43.5 Å². The summed E-state index contributed by atoms with van der Waals surface area (Å²) >= 11 is 27.8. The topological polar surface area (TPSA) is 402 Å². The van der Waals surface area contributed by atoms with Crippen LogP contribution in [0.15, 0.2) is 106 Å². The number of primary amides is 1. The molecule has 0 unspecified atom stereocenters. The Hall–Kier alpha value is -6.54. The summed E-state index contributed by atoms with van der Waals surface area (Å²) in [5.41, 5.74) is 16.8. The fourth-order valence-corrected chi connectivity index (χ4v) is 16.3. The number of pyridine rings is 1. The predicted molar refractivity (Wildman–Crippen MR) is 510 cm³/mol. The molecule has 10 heterocycles. The number of terminal acetylenes is 1. The van der Waals surface area contributed by atoms with E-state index in [-0.39, 0.29) is 78.5 Å². The summed E-state index contributed by atoms with van der Waals surface area (Å²) in [5.74, 6) is 6.30. The average Bonchev–Trinajstić information content (AvgIpc) is 1.59. The number of aliphatic carboxylic acids is 1. The molecule has 23 nitrogen and oxygen atoms in total. The fourth-order valence-electron chi connectivity index (χ4n) is 8.40. The van der Waals surface area contributed by atoms with Crippen LogP contribution in [0.4, 0.5) is 5.82 Å². The summed E-state index contributed by atoms with van der Waals surface area (Å²) in [4.78, 5) is 40.4. The standard InChI is InChI=1S/C12H24B2O4.C10H12BrNOS.C10H13NOS.C10H9NOS.C8H6BrN3OS.C7H6BrNS.C7H7NS.C5H4OS.C3H3NO2.C3H4O.4CH4.2BHNS/c1-9(2)10(3,4)16-13(15-9)14-17-11(5,6)12(7,8)18-14;11-10-7-8(3-1-5-12)9(14-10)4-2-6-13;2*11-6-1-3-9-5-8-13-10(9)4-2-7-12;9-5-1-3-6(14-5)4(8(11)13)2-12-7(3)10;8-7-6(2-1-4-9)3-5-10-7;8-4-1-2-7-3-5-9-6-7;6-3-5-1-2-7-4-5;1-4-2-3(5)6;1-2-3-4;;;;;2*1-2-3/h1-8H3;7,13H,1-4,6H2;5,8,12H,1-4,7H2;5,8,12H,1,3,7H2;1-2H,(H2,10,12)(H2,11,13);3,5H,1-2H2;3,5-6H,1-2H2;1-4H;2H2,(H,5,6);1,4H,3H2;4*1H4;2*3H. The molecule has 8 aromatic rings. The number of aliphatic hydroxyl groups excluding tert-OH is 4. The number of nitrogen functional groups attached to an aromatic ring is 1. The third kappa shape index (κ3) is 51.3. The van der Waals surface area contributed by atoms with Crippen LogP contribution < -0.4 is 11.5 Å². The van der Waals surface area contributed by atoms with Crippen molar-refractivity contribution in [2.24, 2.45) is 14.3 Å². The molecule has 118 heavy (non-hydrogen) atoms. The number of nitrogens with zero attached hydrogens (tertiary/aromatic N) is 9. The van der Waals surface area contributed by atoms with Crippen LogP contribution in [0.2, 0.25) is 0 Å². The predicted octanol–water partition coefficient (Wildman–Crippen LogP) is 19.8. The number of aryl methyl sites for hydroxylation is 7. The van der Waals surface area contributed by atoms with Crippen LogP contribution in [-0.2, 0) is 68.4 Å². The quantitative estimate of drug-likeness (QED) is 0.0112. The Balaban J connectivity index is -0.000000297. The van der Waals surface area contributed by atoms with Gasteiger partial charge in [0.05, 0.1) is 79.3 Å². The first-order valence-electron chi connectivity index (χ1n) is 34.0. The molecule has 39 heteroatoms. The molecule has 8 aromatic heterocycles. The van der Waals surface area contributed by atoms with Gasteiger partial charge in [-0.1, -0.05) is 47.5 Å². The van der Waals surface area contributed by atoms with Crippen LogP contribution in [0.25, 0.3) is 14.9 Å². The second-order valence-corrected chi connectivity index (χ2v) is 35.5. The number of anilines is 1. The van der Waals surface area contributed by atoms with Crippen molar-refractivity contribution in [2.45, 2.75) is 197 Å².